The minimum absolute atomic E-state index is 0.00105. The summed E-state index contributed by atoms with van der Waals surface area (Å²) >= 11 is 0. The van der Waals surface area contributed by atoms with Crippen LogP contribution >= 0.6 is 0 Å². The molecule has 0 aromatic carbocycles. The van der Waals surface area contributed by atoms with Crippen molar-refractivity contribution in [2.75, 3.05) is 0 Å². The third kappa shape index (κ3) is 3.58. The molecule has 0 aromatic rings. The van der Waals surface area contributed by atoms with Gasteiger partial charge in [0.15, 0.2) is 0 Å². The first kappa shape index (κ1) is 23.3. The van der Waals surface area contributed by atoms with Gasteiger partial charge in [0.1, 0.15) is 0 Å². The minimum Gasteiger partial charge on any atom is -0.349 e. The van der Waals surface area contributed by atoms with Crippen molar-refractivity contribution in [1.82, 2.24) is 15.5 Å². The summed E-state index contributed by atoms with van der Waals surface area (Å²) in [6.45, 7) is 12.3. The molecule has 4 rings (SSSR count). The number of hydrogen-bond acceptors (Lipinski definition) is 3. The Morgan fingerprint density at radius 3 is 2.44 bits per heavy atom. The average molecular weight is 444 g/mol. The van der Waals surface area contributed by atoms with E-state index in [0.717, 1.165) is 38.5 Å². The van der Waals surface area contributed by atoms with Crippen molar-refractivity contribution in [3.8, 4) is 0 Å². The van der Waals surface area contributed by atoms with Gasteiger partial charge in [-0.1, -0.05) is 19.9 Å². The van der Waals surface area contributed by atoms with Crippen LogP contribution in [0.25, 0.3) is 0 Å². The summed E-state index contributed by atoms with van der Waals surface area (Å²) < 4.78 is 0. The number of carbonyl (C=O) groups is 3. The summed E-state index contributed by atoms with van der Waals surface area (Å²) in [5.74, 6) is 1.56. The Bertz CT molecular complexity index is 821. The van der Waals surface area contributed by atoms with Crippen LogP contribution in [-0.4, -0.2) is 40.9 Å². The summed E-state index contributed by atoms with van der Waals surface area (Å²) in [7, 11) is 0. The average Bonchev–Trinajstić information content (AvgIpc) is 3.05. The molecule has 3 saturated carbocycles. The van der Waals surface area contributed by atoms with E-state index in [-0.39, 0.29) is 52.7 Å². The monoisotopic (exact) mass is 443 g/mol. The lowest BCUT2D eigenvalue weighted by Gasteiger charge is -2.58. The van der Waals surface area contributed by atoms with Crippen molar-refractivity contribution in [1.29, 1.82) is 0 Å². The molecule has 0 aromatic heterocycles. The summed E-state index contributed by atoms with van der Waals surface area (Å²) in [6, 6.07) is -0.207. The number of nitrogens with zero attached hydrogens (tertiary/aromatic N) is 1. The van der Waals surface area contributed by atoms with Crippen LogP contribution in [0.3, 0.4) is 0 Å². The zero-order valence-corrected chi connectivity index (χ0v) is 20.6. The molecule has 3 fully saturated rings. The van der Waals surface area contributed by atoms with Crippen molar-refractivity contribution >= 4 is 17.8 Å². The lowest BCUT2D eigenvalue weighted by Crippen LogP contribution is -2.60. The molecule has 0 bridgehead atoms. The Labute approximate surface area is 192 Å². The van der Waals surface area contributed by atoms with E-state index in [9.17, 15) is 14.4 Å². The largest absolute Gasteiger partial charge is 0.349 e. The molecule has 1 heterocycles. The Morgan fingerprint density at radius 1 is 1.06 bits per heavy atom. The van der Waals surface area contributed by atoms with Gasteiger partial charge in [-0.05, 0) is 95.5 Å². The number of carbonyl (C=O) groups excluding carboxylic acids is 3. The highest BCUT2D eigenvalue weighted by Crippen LogP contribution is 2.65. The van der Waals surface area contributed by atoms with Crippen LogP contribution in [0.4, 0.5) is 4.79 Å². The second-order valence-corrected chi connectivity index (χ2v) is 11.8. The fraction of sp³-hybridized carbons (Fsp3) is 0.808. The van der Waals surface area contributed by atoms with Gasteiger partial charge in [-0.2, -0.15) is 0 Å². The second-order valence-electron chi connectivity index (χ2n) is 11.8. The summed E-state index contributed by atoms with van der Waals surface area (Å²) in [5, 5.41) is 6.13. The lowest BCUT2D eigenvalue weighted by atomic mass is 9.48. The molecule has 0 radical (unpaired) electrons. The van der Waals surface area contributed by atoms with Gasteiger partial charge < -0.3 is 10.6 Å². The Kier molecular flexibility index (Phi) is 5.96. The van der Waals surface area contributed by atoms with Crippen LogP contribution in [-0.2, 0) is 9.59 Å². The van der Waals surface area contributed by atoms with Crippen LogP contribution < -0.4 is 10.6 Å². The molecular formula is C26H41N3O3. The number of nitrogens with one attached hydrogen (secondary N) is 2. The van der Waals surface area contributed by atoms with Gasteiger partial charge in [0.05, 0.1) is 0 Å². The normalized spacial score (nSPS) is 40.4. The minimum atomic E-state index is -0.267. The highest BCUT2D eigenvalue weighted by atomic mass is 16.2. The molecule has 0 spiro atoms. The molecule has 1 aliphatic heterocycles. The molecule has 6 nitrogen and oxygen atoms in total. The van der Waals surface area contributed by atoms with E-state index in [1.165, 1.54) is 4.90 Å². The van der Waals surface area contributed by atoms with E-state index in [0.29, 0.717) is 17.8 Å². The van der Waals surface area contributed by atoms with Crippen molar-refractivity contribution < 1.29 is 14.4 Å². The van der Waals surface area contributed by atoms with Gasteiger partial charge in [-0.25, -0.2) is 4.79 Å². The molecule has 4 aliphatic rings. The third-order valence-corrected chi connectivity index (χ3v) is 9.37. The number of hydrogen-bond donors (Lipinski definition) is 2. The molecule has 2 N–H and O–H groups in total. The first-order chi connectivity index (χ1) is 15.0. The standard InChI is InChI=1S/C26H41N3O3/c1-15(2)27-24(32)29(16(3)4)23(31)20-9-8-18-17-7-10-21-26(6,14-12-22(30)28-21)19(17)11-13-25(18,20)5/h12,14-21H,7-11,13H2,1-6H3,(H,27,32)(H,28,30)/t17-,18-,19+,20?,21?,25-,26+/m0/s1. The predicted octanol–water partition coefficient (Wildman–Crippen LogP) is 4.25. The van der Waals surface area contributed by atoms with Crippen LogP contribution in [0.5, 0.6) is 0 Å². The number of imide groups is 1. The van der Waals surface area contributed by atoms with Crippen LogP contribution in [0, 0.1) is 34.5 Å². The lowest BCUT2D eigenvalue weighted by molar-refractivity contribution is -0.142. The molecule has 4 amide bonds. The Balaban J connectivity index is 1.57. The fourth-order valence-corrected chi connectivity index (χ4v) is 7.81. The SMILES string of the molecule is CC(C)NC(=O)N(C(=O)C1CC[C@H]2[C@@H]3CCC4NC(=O)C=C[C@]4(C)[C@@H]3CC[C@]12C)C(C)C. The van der Waals surface area contributed by atoms with Gasteiger partial charge in [0.2, 0.25) is 11.8 Å². The zero-order chi connectivity index (χ0) is 23.4. The maximum Gasteiger partial charge on any atom is 0.324 e. The first-order valence-electron chi connectivity index (χ1n) is 12.6. The summed E-state index contributed by atoms with van der Waals surface area (Å²) in [5.41, 5.74) is -0.0598. The number of amides is 4. The molecule has 3 aliphatic carbocycles. The Morgan fingerprint density at radius 2 is 1.78 bits per heavy atom. The van der Waals surface area contributed by atoms with Gasteiger partial charge in [-0.3, -0.25) is 14.5 Å². The highest BCUT2D eigenvalue weighted by molar-refractivity contribution is 5.96. The molecular weight excluding hydrogens is 402 g/mol. The molecule has 32 heavy (non-hydrogen) atoms. The van der Waals surface area contributed by atoms with Crippen LogP contribution in [0.15, 0.2) is 12.2 Å². The predicted molar refractivity (Wildman–Crippen MR) is 125 cm³/mol. The highest BCUT2D eigenvalue weighted by Gasteiger charge is 2.61. The van der Waals surface area contributed by atoms with Crippen molar-refractivity contribution in [3.63, 3.8) is 0 Å². The van der Waals surface area contributed by atoms with E-state index in [1.807, 2.05) is 27.7 Å². The van der Waals surface area contributed by atoms with Gasteiger partial charge in [0.25, 0.3) is 0 Å². The summed E-state index contributed by atoms with van der Waals surface area (Å²) in [4.78, 5) is 40.0. The van der Waals surface area contributed by atoms with E-state index in [4.69, 9.17) is 0 Å². The second kappa shape index (κ2) is 8.18. The topological polar surface area (TPSA) is 78.5 Å². The van der Waals surface area contributed by atoms with E-state index in [2.05, 4.69) is 30.6 Å². The van der Waals surface area contributed by atoms with E-state index < -0.39 is 0 Å². The molecule has 2 unspecified atom stereocenters. The first-order valence-corrected chi connectivity index (χ1v) is 12.6. The quantitative estimate of drug-likeness (QED) is 0.684. The summed E-state index contributed by atoms with van der Waals surface area (Å²) in [6.07, 6.45) is 10.0. The van der Waals surface area contributed by atoms with E-state index >= 15 is 0 Å². The van der Waals surface area contributed by atoms with Crippen molar-refractivity contribution in [3.05, 3.63) is 12.2 Å². The van der Waals surface area contributed by atoms with E-state index in [1.54, 1.807) is 6.08 Å². The number of urea groups is 1. The molecule has 6 heteroatoms. The maximum atomic E-state index is 13.8. The third-order valence-electron chi connectivity index (χ3n) is 9.37. The smallest absolute Gasteiger partial charge is 0.324 e. The molecule has 0 saturated heterocycles. The fourth-order valence-electron chi connectivity index (χ4n) is 7.81. The van der Waals surface area contributed by atoms with Gasteiger partial charge in [0, 0.05) is 29.5 Å². The van der Waals surface area contributed by atoms with Crippen molar-refractivity contribution in [2.24, 2.45) is 34.5 Å². The molecule has 178 valence electrons. The maximum absolute atomic E-state index is 13.8. The van der Waals surface area contributed by atoms with Crippen LogP contribution in [0.2, 0.25) is 0 Å². The number of fused-ring (bicyclic) bond motifs is 5. The number of rotatable bonds is 3. The Hall–Kier alpha value is -1.85. The van der Waals surface area contributed by atoms with Crippen molar-refractivity contribution in [2.45, 2.75) is 98.2 Å². The molecule has 7 atom stereocenters. The van der Waals surface area contributed by atoms with Crippen LogP contribution in [0.1, 0.15) is 80.1 Å². The van der Waals surface area contributed by atoms with Gasteiger partial charge >= 0.3 is 6.03 Å². The zero-order valence-electron chi connectivity index (χ0n) is 20.6. The van der Waals surface area contributed by atoms with Gasteiger partial charge in [-0.15, -0.1) is 0 Å².